The lowest BCUT2D eigenvalue weighted by Gasteiger charge is -2.25. The van der Waals surface area contributed by atoms with Crippen LogP contribution in [0.4, 0.5) is 10.7 Å². The highest BCUT2D eigenvalue weighted by molar-refractivity contribution is 8.00. The van der Waals surface area contributed by atoms with Gasteiger partial charge in [-0.3, -0.25) is 19.2 Å². The molecule has 1 atom stereocenters. The molecular formula is C42H40N4O6S2. The Labute approximate surface area is 322 Å². The molecule has 0 aliphatic carbocycles. The van der Waals surface area contributed by atoms with E-state index >= 15 is 0 Å². The third kappa shape index (κ3) is 8.90. The molecular weight excluding hydrogens is 721 g/mol. The molecule has 3 N–H and O–H groups in total. The summed E-state index contributed by atoms with van der Waals surface area (Å²) in [7, 11) is 0. The Balaban J connectivity index is 1.21. The Morgan fingerprint density at radius 1 is 0.907 bits per heavy atom. The second kappa shape index (κ2) is 17.4. The minimum atomic E-state index is -0.536. The van der Waals surface area contributed by atoms with Crippen molar-refractivity contribution >= 4 is 80.2 Å². The lowest BCUT2D eigenvalue weighted by molar-refractivity contribution is -0.129. The van der Waals surface area contributed by atoms with E-state index in [1.165, 1.54) is 30.0 Å². The molecule has 1 aliphatic rings. The number of rotatable bonds is 12. The normalized spacial score (nSPS) is 13.1. The summed E-state index contributed by atoms with van der Waals surface area (Å²) < 4.78 is 5.36. The summed E-state index contributed by atoms with van der Waals surface area (Å²) >= 11 is 2.63. The van der Waals surface area contributed by atoms with E-state index in [1.54, 1.807) is 60.4 Å². The number of esters is 1. The number of benzene rings is 4. The summed E-state index contributed by atoms with van der Waals surface area (Å²) in [5, 5.41) is 10.5. The number of nitrogens with one attached hydrogen (secondary N) is 3. The van der Waals surface area contributed by atoms with Gasteiger partial charge >= 0.3 is 5.97 Å². The number of thioether (sulfide) groups is 1. The van der Waals surface area contributed by atoms with Gasteiger partial charge in [0.05, 0.1) is 24.0 Å². The zero-order valence-corrected chi connectivity index (χ0v) is 31.8. The number of ether oxygens (including phenoxy) is 1. The van der Waals surface area contributed by atoms with E-state index in [0.717, 1.165) is 31.7 Å². The van der Waals surface area contributed by atoms with Crippen LogP contribution in [0.3, 0.4) is 0 Å². The van der Waals surface area contributed by atoms with E-state index in [4.69, 9.17) is 4.74 Å². The molecule has 1 aliphatic heterocycles. The van der Waals surface area contributed by atoms with Crippen LogP contribution in [0.1, 0.15) is 63.9 Å². The van der Waals surface area contributed by atoms with E-state index in [2.05, 4.69) is 16.0 Å². The molecule has 12 heteroatoms. The van der Waals surface area contributed by atoms with Gasteiger partial charge in [-0.1, -0.05) is 73.7 Å². The van der Waals surface area contributed by atoms with Crippen LogP contribution < -0.4 is 16.0 Å². The lowest BCUT2D eigenvalue weighted by Crippen LogP contribution is -2.34. The Kier molecular flexibility index (Phi) is 12.3. The molecule has 54 heavy (non-hydrogen) atoms. The molecule has 0 spiro atoms. The van der Waals surface area contributed by atoms with Gasteiger partial charge in [0.1, 0.15) is 10.7 Å². The van der Waals surface area contributed by atoms with Gasteiger partial charge in [0.25, 0.3) is 11.8 Å². The number of amides is 4. The van der Waals surface area contributed by atoms with Gasteiger partial charge < -0.3 is 25.6 Å². The fraction of sp³-hybridized carbons (Fsp3) is 0.214. The quantitative estimate of drug-likeness (QED) is 0.0669. The van der Waals surface area contributed by atoms with Gasteiger partial charge in [-0.05, 0) is 78.1 Å². The van der Waals surface area contributed by atoms with E-state index in [-0.39, 0.29) is 24.1 Å². The van der Waals surface area contributed by atoms with Crippen molar-refractivity contribution in [3.05, 3.63) is 130 Å². The maximum absolute atomic E-state index is 13.9. The predicted molar refractivity (Wildman–Crippen MR) is 215 cm³/mol. The molecule has 4 aromatic carbocycles. The van der Waals surface area contributed by atoms with Crippen molar-refractivity contribution in [3.63, 3.8) is 0 Å². The van der Waals surface area contributed by atoms with E-state index < -0.39 is 23.0 Å². The van der Waals surface area contributed by atoms with E-state index in [1.807, 2.05) is 61.5 Å². The second-order valence-corrected chi connectivity index (χ2v) is 14.9. The van der Waals surface area contributed by atoms with Crippen LogP contribution in [0.25, 0.3) is 16.8 Å². The number of carbonyl (C=O) groups excluding carboxylic acids is 5. The smallest absolute Gasteiger partial charge is 0.341 e. The molecule has 5 aromatic rings. The summed E-state index contributed by atoms with van der Waals surface area (Å²) in [4.78, 5) is 69.3. The van der Waals surface area contributed by atoms with Gasteiger partial charge in [0.2, 0.25) is 11.8 Å². The number of hydrogen-bond acceptors (Lipinski definition) is 8. The topological polar surface area (TPSA) is 134 Å². The first-order chi connectivity index (χ1) is 26.1. The van der Waals surface area contributed by atoms with Crippen LogP contribution in [-0.4, -0.2) is 52.9 Å². The monoisotopic (exact) mass is 760 g/mol. The summed E-state index contributed by atoms with van der Waals surface area (Å²) in [5.74, 6) is -1.77. The highest BCUT2D eigenvalue weighted by Gasteiger charge is 2.31. The first-order valence-corrected chi connectivity index (χ1v) is 19.4. The van der Waals surface area contributed by atoms with Gasteiger partial charge in [-0.15, -0.1) is 23.1 Å². The summed E-state index contributed by atoms with van der Waals surface area (Å²) in [6.45, 7) is 6.20. The molecule has 2 heterocycles. The van der Waals surface area contributed by atoms with Gasteiger partial charge in [-0.25, -0.2) is 4.79 Å². The minimum Gasteiger partial charge on any atom is -0.462 e. The molecule has 0 bridgehead atoms. The molecule has 0 radical (unpaired) electrons. The molecule has 0 saturated heterocycles. The molecule has 0 saturated carbocycles. The van der Waals surface area contributed by atoms with Crippen molar-refractivity contribution in [3.8, 4) is 0 Å². The van der Waals surface area contributed by atoms with Crippen LogP contribution in [0, 0.1) is 0 Å². The van der Waals surface area contributed by atoms with Crippen molar-refractivity contribution in [2.45, 2.75) is 50.3 Å². The van der Waals surface area contributed by atoms with Gasteiger partial charge in [0.15, 0.2) is 0 Å². The molecule has 10 nitrogen and oxygen atoms in total. The number of thiophene rings is 1. The standard InChI is InChI=1S/C42H40N4O6S2/c1-4-35(40(50)45-41-37(42(51)52-5-2)33-21-22-46(26(3)47)25-36(33)54-41)53-31-19-12-18-30(24-31)43-39(49)34(44-38(48)28-14-7-6-8-15-28)23-29-17-11-16-27-13-9-10-20-32(27)29/h6-20,23-24,35H,4-5,21-22,25H2,1-3H3,(H,43,49)(H,44,48)(H,45,50)/b34-23+. The van der Waals surface area contributed by atoms with E-state index in [9.17, 15) is 24.0 Å². The van der Waals surface area contributed by atoms with Crippen molar-refractivity contribution in [2.24, 2.45) is 0 Å². The summed E-state index contributed by atoms with van der Waals surface area (Å²) in [5.41, 5.74) is 2.87. The molecule has 6 rings (SSSR count). The highest BCUT2D eigenvalue weighted by atomic mass is 32.2. The van der Waals surface area contributed by atoms with Crippen LogP contribution >= 0.6 is 23.1 Å². The number of anilines is 2. The van der Waals surface area contributed by atoms with Crippen LogP contribution in [0.5, 0.6) is 0 Å². The van der Waals surface area contributed by atoms with Crippen LogP contribution in [0.15, 0.2) is 108 Å². The summed E-state index contributed by atoms with van der Waals surface area (Å²) in [6, 6.07) is 29.4. The Bertz CT molecular complexity index is 2240. The van der Waals surface area contributed by atoms with Crippen molar-refractivity contribution in [2.75, 3.05) is 23.8 Å². The first kappa shape index (κ1) is 38.0. The van der Waals surface area contributed by atoms with Crippen molar-refractivity contribution in [1.29, 1.82) is 0 Å². The average molecular weight is 761 g/mol. The molecule has 4 amide bonds. The Morgan fingerprint density at radius 3 is 2.41 bits per heavy atom. The maximum Gasteiger partial charge on any atom is 0.341 e. The van der Waals surface area contributed by atoms with Crippen LogP contribution in [-0.2, 0) is 32.1 Å². The number of nitrogens with zero attached hydrogens (tertiary/aromatic N) is 1. The minimum absolute atomic E-state index is 0.0489. The fourth-order valence-electron chi connectivity index (χ4n) is 6.18. The third-order valence-electron chi connectivity index (χ3n) is 8.90. The largest absolute Gasteiger partial charge is 0.462 e. The summed E-state index contributed by atoms with van der Waals surface area (Å²) in [6.07, 6.45) is 2.64. The predicted octanol–water partition coefficient (Wildman–Crippen LogP) is 7.90. The second-order valence-electron chi connectivity index (χ2n) is 12.6. The number of fused-ring (bicyclic) bond motifs is 2. The fourth-order valence-corrected chi connectivity index (χ4v) is 8.45. The Hall–Kier alpha value is -5.72. The first-order valence-electron chi connectivity index (χ1n) is 17.7. The average Bonchev–Trinajstić information content (AvgIpc) is 3.54. The molecule has 276 valence electrons. The number of hydrogen-bond donors (Lipinski definition) is 3. The van der Waals surface area contributed by atoms with Gasteiger partial charge in [0, 0.05) is 34.5 Å². The molecule has 1 unspecified atom stereocenters. The van der Waals surface area contributed by atoms with Gasteiger partial charge in [-0.2, -0.15) is 0 Å². The SMILES string of the molecule is CCOC(=O)c1c(NC(=O)C(CC)Sc2cccc(NC(=O)/C(=C\c3cccc4ccccc34)NC(=O)c3ccccc3)c2)sc2c1CCN(C(C)=O)C2. The molecule has 0 fully saturated rings. The maximum atomic E-state index is 13.9. The molecule has 1 aromatic heterocycles. The Morgan fingerprint density at radius 2 is 1.65 bits per heavy atom. The van der Waals surface area contributed by atoms with Crippen molar-refractivity contribution in [1.82, 2.24) is 10.2 Å². The highest BCUT2D eigenvalue weighted by Crippen LogP contribution is 2.39. The van der Waals surface area contributed by atoms with Crippen LogP contribution in [0.2, 0.25) is 0 Å². The zero-order valence-electron chi connectivity index (χ0n) is 30.1. The lowest BCUT2D eigenvalue weighted by atomic mass is 10.0. The third-order valence-corrected chi connectivity index (χ3v) is 11.4. The zero-order chi connectivity index (χ0) is 38.2. The van der Waals surface area contributed by atoms with Crippen molar-refractivity contribution < 1.29 is 28.7 Å². The van der Waals surface area contributed by atoms with E-state index in [0.29, 0.717) is 47.7 Å². The number of carbonyl (C=O) groups is 5.